The van der Waals surface area contributed by atoms with Crippen molar-refractivity contribution in [2.45, 2.75) is 19.5 Å². The van der Waals surface area contributed by atoms with E-state index in [0.29, 0.717) is 6.04 Å². The van der Waals surface area contributed by atoms with Crippen LogP contribution in [0.25, 0.3) is 0 Å². The van der Waals surface area contributed by atoms with Gasteiger partial charge < -0.3 is 4.74 Å². The third-order valence-electron chi connectivity index (χ3n) is 2.80. The molecule has 1 aliphatic rings. The largest absolute Gasteiger partial charge is 0.379 e. The van der Waals surface area contributed by atoms with Crippen LogP contribution in [0.5, 0.6) is 0 Å². The highest BCUT2D eigenvalue weighted by atomic mass is 79.9. The zero-order chi connectivity index (χ0) is 10.7. The number of benzene rings is 1. The van der Waals surface area contributed by atoms with Crippen LogP contribution in [-0.4, -0.2) is 30.7 Å². The van der Waals surface area contributed by atoms with Crippen molar-refractivity contribution < 1.29 is 4.74 Å². The first kappa shape index (κ1) is 11.1. The van der Waals surface area contributed by atoms with Gasteiger partial charge in [-0.15, -0.1) is 0 Å². The van der Waals surface area contributed by atoms with E-state index in [4.69, 9.17) is 4.74 Å². The Hall–Kier alpha value is -0.380. The summed E-state index contributed by atoms with van der Waals surface area (Å²) in [5, 5.41) is 0. The first-order chi connectivity index (χ1) is 7.25. The molecule has 1 heterocycles. The average molecular weight is 270 g/mol. The topological polar surface area (TPSA) is 12.5 Å². The Morgan fingerprint density at radius 2 is 2.13 bits per heavy atom. The highest BCUT2D eigenvalue weighted by Crippen LogP contribution is 2.15. The third-order valence-corrected chi connectivity index (χ3v) is 3.33. The predicted octanol–water partition coefficient (Wildman–Crippen LogP) is 2.67. The number of rotatable bonds is 2. The van der Waals surface area contributed by atoms with Crippen LogP contribution in [0.1, 0.15) is 12.5 Å². The van der Waals surface area contributed by atoms with Gasteiger partial charge in [0.15, 0.2) is 0 Å². The van der Waals surface area contributed by atoms with Gasteiger partial charge in [0, 0.05) is 23.6 Å². The molecule has 1 atom stereocenters. The highest BCUT2D eigenvalue weighted by molar-refractivity contribution is 9.10. The van der Waals surface area contributed by atoms with E-state index in [2.05, 4.69) is 52.0 Å². The highest BCUT2D eigenvalue weighted by Gasteiger charge is 2.18. The molecule has 3 heteroatoms. The summed E-state index contributed by atoms with van der Waals surface area (Å²) in [6, 6.07) is 9.07. The molecular weight excluding hydrogens is 254 g/mol. The monoisotopic (exact) mass is 269 g/mol. The molecule has 0 spiro atoms. The van der Waals surface area contributed by atoms with Crippen molar-refractivity contribution in [2.24, 2.45) is 0 Å². The molecule has 0 N–H and O–H groups in total. The van der Waals surface area contributed by atoms with Crippen molar-refractivity contribution in [3.05, 3.63) is 34.3 Å². The Kier molecular flexibility index (Phi) is 3.78. The van der Waals surface area contributed by atoms with Gasteiger partial charge >= 0.3 is 0 Å². The predicted molar refractivity (Wildman–Crippen MR) is 64.8 cm³/mol. The average Bonchev–Trinajstić information content (AvgIpc) is 2.25. The molecule has 0 aromatic heterocycles. The zero-order valence-electron chi connectivity index (χ0n) is 8.95. The molecule has 1 fully saturated rings. The fourth-order valence-corrected chi connectivity index (χ4v) is 2.09. The van der Waals surface area contributed by atoms with Crippen molar-refractivity contribution in [3.8, 4) is 0 Å². The van der Waals surface area contributed by atoms with E-state index in [9.17, 15) is 0 Å². The van der Waals surface area contributed by atoms with Crippen molar-refractivity contribution in [3.63, 3.8) is 0 Å². The van der Waals surface area contributed by atoms with Gasteiger partial charge in [0.25, 0.3) is 0 Å². The molecule has 1 aromatic rings. The van der Waals surface area contributed by atoms with Crippen LogP contribution in [0.3, 0.4) is 0 Å². The summed E-state index contributed by atoms with van der Waals surface area (Å²) >= 11 is 3.45. The van der Waals surface area contributed by atoms with Gasteiger partial charge in [0.1, 0.15) is 0 Å². The molecule has 0 bridgehead atoms. The lowest BCUT2D eigenvalue weighted by molar-refractivity contribution is -0.00436. The second kappa shape index (κ2) is 5.10. The minimum Gasteiger partial charge on any atom is -0.379 e. The number of hydrogen-bond acceptors (Lipinski definition) is 2. The summed E-state index contributed by atoms with van der Waals surface area (Å²) < 4.78 is 6.56. The maximum atomic E-state index is 5.42. The van der Waals surface area contributed by atoms with Gasteiger partial charge in [-0.25, -0.2) is 0 Å². The Morgan fingerprint density at radius 3 is 2.80 bits per heavy atom. The second-order valence-corrected chi connectivity index (χ2v) is 4.94. The van der Waals surface area contributed by atoms with Crippen LogP contribution < -0.4 is 0 Å². The molecule has 1 aromatic carbocycles. The van der Waals surface area contributed by atoms with Gasteiger partial charge in [-0.2, -0.15) is 0 Å². The normalized spacial score (nSPS) is 22.9. The molecule has 0 unspecified atom stereocenters. The van der Waals surface area contributed by atoms with E-state index < -0.39 is 0 Å². The Balaban J connectivity index is 1.98. The lowest BCUT2D eigenvalue weighted by Gasteiger charge is -2.33. The number of nitrogens with zero attached hydrogens (tertiary/aromatic N) is 1. The number of ether oxygens (including phenoxy) is 1. The van der Waals surface area contributed by atoms with Crippen molar-refractivity contribution in [2.75, 3.05) is 19.8 Å². The van der Waals surface area contributed by atoms with Gasteiger partial charge in [0.2, 0.25) is 0 Å². The summed E-state index contributed by atoms with van der Waals surface area (Å²) in [6.45, 7) is 6.00. The smallest absolute Gasteiger partial charge is 0.0619 e. The van der Waals surface area contributed by atoms with E-state index in [1.54, 1.807) is 0 Å². The molecule has 1 saturated heterocycles. The molecule has 0 aliphatic carbocycles. The van der Waals surface area contributed by atoms with Crippen LogP contribution in [0.4, 0.5) is 0 Å². The van der Waals surface area contributed by atoms with E-state index in [-0.39, 0.29) is 0 Å². The van der Waals surface area contributed by atoms with E-state index in [1.165, 1.54) is 5.56 Å². The van der Waals surface area contributed by atoms with Gasteiger partial charge in [-0.05, 0) is 24.6 Å². The minimum atomic E-state index is 0.530. The Labute approximate surface area is 99.4 Å². The quantitative estimate of drug-likeness (QED) is 0.819. The molecule has 15 heavy (non-hydrogen) atoms. The summed E-state index contributed by atoms with van der Waals surface area (Å²) in [6.07, 6.45) is 0. The van der Waals surface area contributed by atoms with Crippen LogP contribution >= 0.6 is 15.9 Å². The molecule has 1 aliphatic heterocycles. The SMILES string of the molecule is C[C@@H]1COCCN1Cc1ccc(Br)cc1. The molecule has 82 valence electrons. The van der Waals surface area contributed by atoms with Crippen molar-refractivity contribution >= 4 is 15.9 Å². The number of halogens is 1. The zero-order valence-corrected chi connectivity index (χ0v) is 10.5. The maximum Gasteiger partial charge on any atom is 0.0619 e. The van der Waals surface area contributed by atoms with Crippen molar-refractivity contribution in [1.82, 2.24) is 4.90 Å². The lowest BCUT2D eigenvalue weighted by atomic mass is 10.1. The van der Waals surface area contributed by atoms with Crippen molar-refractivity contribution in [1.29, 1.82) is 0 Å². The van der Waals surface area contributed by atoms with Crippen LogP contribution in [0.15, 0.2) is 28.7 Å². The third kappa shape index (κ3) is 3.03. The first-order valence-electron chi connectivity index (χ1n) is 5.32. The summed E-state index contributed by atoms with van der Waals surface area (Å²) in [7, 11) is 0. The minimum absolute atomic E-state index is 0.530. The maximum absolute atomic E-state index is 5.42. The van der Waals surface area contributed by atoms with Gasteiger partial charge in [0.05, 0.1) is 13.2 Å². The lowest BCUT2D eigenvalue weighted by Crippen LogP contribution is -2.42. The summed E-state index contributed by atoms with van der Waals surface area (Å²) in [4.78, 5) is 2.47. The standard InChI is InChI=1S/C12H16BrNO/c1-10-9-15-7-6-14(10)8-11-2-4-12(13)5-3-11/h2-5,10H,6-9H2,1H3/t10-/m1/s1. The fraction of sp³-hybridized carbons (Fsp3) is 0.500. The van der Waals surface area contributed by atoms with Crippen LogP contribution in [-0.2, 0) is 11.3 Å². The fourth-order valence-electron chi connectivity index (χ4n) is 1.82. The molecule has 0 amide bonds. The summed E-state index contributed by atoms with van der Waals surface area (Å²) in [5.74, 6) is 0. The van der Waals surface area contributed by atoms with E-state index in [0.717, 1.165) is 30.8 Å². The number of morpholine rings is 1. The molecule has 0 radical (unpaired) electrons. The van der Waals surface area contributed by atoms with Crippen LogP contribution in [0.2, 0.25) is 0 Å². The van der Waals surface area contributed by atoms with E-state index in [1.807, 2.05) is 0 Å². The molecule has 0 saturated carbocycles. The summed E-state index contributed by atoms with van der Waals surface area (Å²) in [5.41, 5.74) is 1.37. The number of hydrogen-bond donors (Lipinski definition) is 0. The molecule has 2 rings (SSSR count). The second-order valence-electron chi connectivity index (χ2n) is 4.02. The Bertz CT molecular complexity index is 312. The molecule has 2 nitrogen and oxygen atoms in total. The van der Waals surface area contributed by atoms with Gasteiger partial charge in [-0.3, -0.25) is 4.90 Å². The Morgan fingerprint density at radius 1 is 1.40 bits per heavy atom. The molecular formula is C12H16BrNO. The first-order valence-corrected chi connectivity index (χ1v) is 6.11. The van der Waals surface area contributed by atoms with Gasteiger partial charge in [-0.1, -0.05) is 28.1 Å². The van der Waals surface area contributed by atoms with E-state index >= 15 is 0 Å². The van der Waals surface area contributed by atoms with Crippen LogP contribution in [0, 0.1) is 0 Å².